The van der Waals surface area contributed by atoms with E-state index in [1.807, 2.05) is 4.57 Å². The topological polar surface area (TPSA) is 112 Å². The van der Waals surface area contributed by atoms with E-state index in [1.54, 1.807) is 6.33 Å². The zero-order chi connectivity index (χ0) is 13.7. The molecule has 102 valence electrons. The van der Waals surface area contributed by atoms with Crippen LogP contribution in [0.25, 0.3) is 11.2 Å². The molecule has 4 heterocycles. The highest BCUT2D eigenvalue weighted by atomic mass is 16.6. The molecule has 2 fully saturated rings. The van der Waals surface area contributed by atoms with Crippen LogP contribution in [0, 0.1) is 17.2 Å². The highest BCUT2D eigenvalue weighted by Crippen LogP contribution is 2.38. The van der Waals surface area contributed by atoms with Gasteiger partial charge in [-0.25, -0.2) is 15.0 Å². The molecule has 2 saturated heterocycles. The van der Waals surface area contributed by atoms with Gasteiger partial charge in [0.05, 0.1) is 37.6 Å². The van der Waals surface area contributed by atoms with Gasteiger partial charge in [-0.15, -0.1) is 0 Å². The van der Waals surface area contributed by atoms with Gasteiger partial charge in [0.15, 0.2) is 11.5 Å². The Hall–Kier alpha value is -2.24. The summed E-state index contributed by atoms with van der Waals surface area (Å²) in [7, 11) is 0. The Balaban J connectivity index is 1.75. The van der Waals surface area contributed by atoms with Gasteiger partial charge in [-0.2, -0.15) is 5.26 Å². The van der Waals surface area contributed by atoms with Crippen LogP contribution in [0.5, 0.6) is 0 Å². The van der Waals surface area contributed by atoms with Crippen molar-refractivity contribution in [1.82, 2.24) is 19.5 Å². The van der Waals surface area contributed by atoms with Crippen molar-refractivity contribution in [3.05, 3.63) is 12.7 Å². The number of nitriles is 1. The Morgan fingerprint density at radius 1 is 1.25 bits per heavy atom. The number of hydrogen-bond donors (Lipinski definition) is 1. The van der Waals surface area contributed by atoms with Crippen LogP contribution in [0.1, 0.15) is 6.04 Å². The fraction of sp³-hybridized carbons (Fsp3) is 0.500. The molecule has 0 bridgehead atoms. The van der Waals surface area contributed by atoms with E-state index in [0.29, 0.717) is 30.2 Å². The molecule has 0 spiro atoms. The van der Waals surface area contributed by atoms with Crippen molar-refractivity contribution in [2.24, 2.45) is 5.92 Å². The first-order chi connectivity index (χ1) is 9.79. The van der Waals surface area contributed by atoms with Crippen molar-refractivity contribution >= 4 is 17.0 Å². The maximum atomic E-state index is 9.07. The van der Waals surface area contributed by atoms with E-state index in [0.717, 1.165) is 0 Å². The molecule has 8 nitrogen and oxygen atoms in total. The maximum Gasteiger partial charge on any atom is 0.165 e. The summed E-state index contributed by atoms with van der Waals surface area (Å²) >= 11 is 0. The Labute approximate surface area is 114 Å². The average molecular weight is 272 g/mol. The van der Waals surface area contributed by atoms with Crippen LogP contribution in [-0.4, -0.2) is 44.9 Å². The van der Waals surface area contributed by atoms with E-state index >= 15 is 0 Å². The molecule has 0 aliphatic carbocycles. The summed E-state index contributed by atoms with van der Waals surface area (Å²) in [5, 5.41) is 9.07. The van der Waals surface area contributed by atoms with Gasteiger partial charge in [0.2, 0.25) is 0 Å². The van der Waals surface area contributed by atoms with Gasteiger partial charge in [0, 0.05) is 0 Å². The highest BCUT2D eigenvalue weighted by molar-refractivity contribution is 5.81. The fourth-order valence-electron chi connectivity index (χ4n) is 2.94. The lowest BCUT2D eigenvalue weighted by Crippen LogP contribution is -2.27. The summed E-state index contributed by atoms with van der Waals surface area (Å²) in [6, 6.07) is 2.18. The quantitative estimate of drug-likeness (QED) is 0.770. The van der Waals surface area contributed by atoms with Crippen LogP contribution in [0.2, 0.25) is 0 Å². The van der Waals surface area contributed by atoms with Gasteiger partial charge in [0.25, 0.3) is 0 Å². The van der Waals surface area contributed by atoms with E-state index < -0.39 is 0 Å². The molecule has 4 atom stereocenters. The second-order valence-electron chi connectivity index (χ2n) is 4.98. The second kappa shape index (κ2) is 4.13. The van der Waals surface area contributed by atoms with Crippen LogP contribution < -0.4 is 5.73 Å². The van der Waals surface area contributed by atoms with Gasteiger partial charge in [-0.3, -0.25) is 0 Å². The summed E-state index contributed by atoms with van der Waals surface area (Å²) in [5.41, 5.74) is 7.02. The molecule has 0 amide bonds. The molecule has 20 heavy (non-hydrogen) atoms. The number of anilines is 1. The smallest absolute Gasteiger partial charge is 0.165 e. The zero-order valence-electron chi connectivity index (χ0n) is 10.5. The lowest BCUT2D eigenvalue weighted by molar-refractivity contribution is 0.0639. The van der Waals surface area contributed by atoms with Gasteiger partial charge in [-0.1, -0.05) is 0 Å². The molecular formula is C12H12N6O2. The third-order valence-corrected chi connectivity index (χ3v) is 3.94. The number of hydrogen-bond acceptors (Lipinski definition) is 7. The third kappa shape index (κ3) is 1.44. The fourth-order valence-corrected chi connectivity index (χ4v) is 2.94. The molecule has 2 unspecified atom stereocenters. The predicted octanol–water partition coefficient (Wildman–Crippen LogP) is -0.113. The lowest BCUT2D eigenvalue weighted by Gasteiger charge is -2.17. The van der Waals surface area contributed by atoms with Crippen molar-refractivity contribution < 1.29 is 9.47 Å². The van der Waals surface area contributed by atoms with Crippen molar-refractivity contribution in [2.45, 2.75) is 18.2 Å². The molecule has 4 rings (SSSR count). The monoisotopic (exact) mass is 272 g/mol. The standard InChI is InChI=1S/C12H12N6O2/c13-1-6-2-19-10-7(3-20-9(6)10)18-5-17-8-11(14)15-4-16-12(8)18/h4-7,9-10H,2-3H2,(H2,14,15,16)/t6-,7+,9?,10?/m0/s1. The minimum Gasteiger partial charge on any atom is -0.382 e. The molecular weight excluding hydrogens is 260 g/mol. The number of aromatic nitrogens is 4. The molecule has 0 saturated carbocycles. The SMILES string of the molecule is N#C[C@H]1COC2C1OC[C@H]2n1cnc2c(N)ncnc21. The van der Waals surface area contributed by atoms with Gasteiger partial charge >= 0.3 is 0 Å². The van der Waals surface area contributed by atoms with E-state index in [4.69, 9.17) is 20.5 Å². The summed E-state index contributed by atoms with van der Waals surface area (Å²) in [5.74, 6) is 0.144. The average Bonchev–Trinajstić information content (AvgIpc) is 3.11. The number of nitrogens with two attached hydrogens (primary N) is 1. The van der Waals surface area contributed by atoms with E-state index in [9.17, 15) is 0 Å². The minimum atomic E-state index is -0.209. The maximum absolute atomic E-state index is 9.07. The summed E-state index contributed by atoms with van der Waals surface area (Å²) < 4.78 is 13.4. The summed E-state index contributed by atoms with van der Waals surface area (Å²) in [6.45, 7) is 0.884. The van der Waals surface area contributed by atoms with E-state index in [-0.39, 0.29) is 24.2 Å². The highest BCUT2D eigenvalue weighted by Gasteiger charge is 2.48. The first-order valence-corrected chi connectivity index (χ1v) is 6.35. The molecule has 8 heteroatoms. The van der Waals surface area contributed by atoms with Crippen LogP contribution in [-0.2, 0) is 9.47 Å². The number of fused-ring (bicyclic) bond motifs is 2. The van der Waals surface area contributed by atoms with Gasteiger partial charge < -0.3 is 19.8 Å². The van der Waals surface area contributed by atoms with Crippen LogP contribution in [0.4, 0.5) is 5.82 Å². The Bertz CT molecular complexity index is 708. The van der Waals surface area contributed by atoms with Gasteiger partial charge in [0.1, 0.15) is 24.1 Å². The Kier molecular flexibility index (Phi) is 2.39. The Morgan fingerprint density at radius 2 is 2.10 bits per heavy atom. The first-order valence-electron chi connectivity index (χ1n) is 6.35. The summed E-state index contributed by atoms with van der Waals surface area (Å²) in [6.07, 6.45) is 2.76. The normalized spacial score (nSPS) is 32.4. The largest absolute Gasteiger partial charge is 0.382 e. The van der Waals surface area contributed by atoms with E-state index in [2.05, 4.69) is 21.0 Å². The van der Waals surface area contributed by atoms with Crippen molar-refractivity contribution in [2.75, 3.05) is 18.9 Å². The molecule has 2 aliphatic rings. The molecule has 0 aromatic carbocycles. The number of rotatable bonds is 1. The van der Waals surface area contributed by atoms with Crippen molar-refractivity contribution in [1.29, 1.82) is 5.26 Å². The van der Waals surface area contributed by atoms with Gasteiger partial charge in [-0.05, 0) is 0 Å². The van der Waals surface area contributed by atoms with E-state index in [1.165, 1.54) is 6.33 Å². The van der Waals surface area contributed by atoms with Crippen molar-refractivity contribution in [3.8, 4) is 6.07 Å². The van der Waals surface area contributed by atoms with Crippen LogP contribution in [0.3, 0.4) is 0 Å². The first kappa shape index (κ1) is 11.6. The minimum absolute atomic E-state index is 0.0438. The number of nitrogen functional groups attached to an aromatic ring is 1. The molecule has 2 aliphatic heterocycles. The Morgan fingerprint density at radius 3 is 2.95 bits per heavy atom. The van der Waals surface area contributed by atoms with Crippen LogP contribution in [0.15, 0.2) is 12.7 Å². The third-order valence-electron chi connectivity index (χ3n) is 3.94. The lowest BCUT2D eigenvalue weighted by atomic mass is 10.0. The molecule has 0 radical (unpaired) electrons. The van der Waals surface area contributed by atoms with Crippen molar-refractivity contribution in [3.63, 3.8) is 0 Å². The predicted molar refractivity (Wildman–Crippen MR) is 67.4 cm³/mol. The molecule has 2 aromatic heterocycles. The van der Waals surface area contributed by atoms with Crippen LogP contribution >= 0.6 is 0 Å². The molecule has 2 aromatic rings. The zero-order valence-corrected chi connectivity index (χ0v) is 10.5. The number of nitrogens with zero attached hydrogens (tertiary/aromatic N) is 5. The number of imidazole rings is 1. The second-order valence-corrected chi connectivity index (χ2v) is 4.98. The molecule has 2 N–H and O–H groups in total. The summed E-state index contributed by atoms with van der Waals surface area (Å²) in [4.78, 5) is 12.4. The number of ether oxygens (including phenoxy) is 2.